The number of carbonyl (C=O) groups excluding carboxylic acids is 1. The number of hydrogen-bond donors (Lipinski definition) is 1. The van der Waals surface area contributed by atoms with Crippen molar-refractivity contribution in [1.82, 2.24) is 5.32 Å². The quantitative estimate of drug-likeness (QED) is 0.306. The molecule has 0 atom stereocenters. The smallest absolute Gasteiger partial charge is 0.407 e. The van der Waals surface area contributed by atoms with Crippen LogP contribution >= 0.6 is 15.9 Å². The van der Waals surface area contributed by atoms with Gasteiger partial charge in [0, 0.05) is 11.9 Å². The van der Waals surface area contributed by atoms with E-state index in [0.29, 0.717) is 0 Å². The number of ether oxygens (including phenoxy) is 1. The number of hydrogen-bond acceptors (Lipinski definition) is 2. The number of alkyl halides is 1. The molecular formula is C18H36BrNO2. The summed E-state index contributed by atoms with van der Waals surface area (Å²) in [6.07, 6.45) is 14.2. The van der Waals surface area contributed by atoms with Gasteiger partial charge in [-0.3, -0.25) is 0 Å². The van der Waals surface area contributed by atoms with Gasteiger partial charge in [0.15, 0.2) is 0 Å². The molecule has 0 fully saturated rings. The highest BCUT2D eigenvalue weighted by molar-refractivity contribution is 9.09. The first kappa shape index (κ1) is 21.8. The van der Waals surface area contributed by atoms with Gasteiger partial charge in [0.1, 0.15) is 5.60 Å². The van der Waals surface area contributed by atoms with Crippen LogP contribution in [0.5, 0.6) is 0 Å². The molecule has 0 aromatic rings. The molecule has 0 aliphatic heterocycles. The van der Waals surface area contributed by atoms with Crippen LogP contribution in [0.3, 0.4) is 0 Å². The molecule has 0 aliphatic carbocycles. The standard InChI is InChI=1S/C18H36BrNO2/c1-18(2,3)22-17(21)20-16-14-12-10-8-6-4-5-7-9-11-13-15-19/h4-16H2,1-3H3,(H,20,21). The van der Waals surface area contributed by atoms with Crippen LogP contribution in [0.4, 0.5) is 4.79 Å². The van der Waals surface area contributed by atoms with Crippen LogP contribution in [-0.2, 0) is 4.74 Å². The SMILES string of the molecule is CC(C)(C)OC(=O)NCCCCCCCCCCCCCBr. The summed E-state index contributed by atoms with van der Waals surface area (Å²) in [5.74, 6) is 0. The van der Waals surface area contributed by atoms with Crippen LogP contribution in [0, 0.1) is 0 Å². The number of carbonyl (C=O) groups is 1. The normalized spacial score (nSPS) is 11.5. The Morgan fingerprint density at radius 2 is 1.23 bits per heavy atom. The van der Waals surface area contributed by atoms with Crippen LogP contribution in [0.1, 0.15) is 91.4 Å². The highest BCUT2D eigenvalue weighted by atomic mass is 79.9. The molecule has 0 aromatic carbocycles. The molecule has 132 valence electrons. The molecule has 0 rings (SSSR count). The number of nitrogens with one attached hydrogen (secondary N) is 1. The first-order chi connectivity index (χ1) is 10.5. The highest BCUT2D eigenvalue weighted by Crippen LogP contribution is 2.11. The summed E-state index contributed by atoms with van der Waals surface area (Å²) in [6, 6.07) is 0. The molecule has 22 heavy (non-hydrogen) atoms. The Morgan fingerprint density at radius 1 is 0.818 bits per heavy atom. The molecule has 1 amide bonds. The van der Waals surface area contributed by atoms with Crippen molar-refractivity contribution in [2.45, 2.75) is 97.0 Å². The van der Waals surface area contributed by atoms with Crippen LogP contribution < -0.4 is 5.32 Å². The van der Waals surface area contributed by atoms with Crippen molar-refractivity contribution in [1.29, 1.82) is 0 Å². The average molecular weight is 378 g/mol. The van der Waals surface area contributed by atoms with Crippen molar-refractivity contribution in [3.63, 3.8) is 0 Å². The van der Waals surface area contributed by atoms with Crippen molar-refractivity contribution in [2.75, 3.05) is 11.9 Å². The van der Waals surface area contributed by atoms with E-state index in [1.807, 2.05) is 20.8 Å². The maximum Gasteiger partial charge on any atom is 0.407 e. The molecule has 0 saturated heterocycles. The molecular weight excluding hydrogens is 342 g/mol. The molecule has 0 aliphatic rings. The molecule has 1 N–H and O–H groups in total. The Bertz CT molecular complexity index is 264. The van der Waals surface area contributed by atoms with Crippen LogP contribution in [0.25, 0.3) is 0 Å². The third kappa shape index (κ3) is 17.8. The van der Waals surface area contributed by atoms with Crippen molar-refractivity contribution >= 4 is 22.0 Å². The van der Waals surface area contributed by atoms with E-state index in [9.17, 15) is 4.79 Å². The summed E-state index contributed by atoms with van der Waals surface area (Å²) in [5, 5.41) is 3.96. The second kappa shape index (κ2) is 14.3. The van der Waals surface area contributed by atoms with Gasteiger partial charge >= 0.3 is 6.09 Å². The maximum absolute atomic E-state index is 11.4. The van der Waals surface area contributed by atoms with Gasteiger partial charge in [-0.1, -0.05) is 73.7 Å². The van der Waals surface area contributed by atoms with E-state index >= 15 is 0 Å². The largest absolute Gasteiger partial charge is 0.444 e. The average Bonchev–Trinajstić information content (AvgIpc) is 2.42. The summed E-state index contributed by atoms with van der Waals surface area (Å²) in [7, 11) is 0. The molecule has 0 heterocycles. The predicted octanol–water partition coefficient (Wildman–Crippen LogP) is 6.20. The Hall–Kier alpha value is -0.250. The molecule has 0 unspecified atom stereocenters. The van der Waals surface area contributed by atoms with E-state index < -0.39 is 5.60 Å². The van der Waals surface area contributed by atoms with Crippen molar-refractivity contribution in [3.05, 3.63) is 0 Å². The fourth-order valence-electron chi connectivity index (χ4n) is 2.32. The molecule has 0 radical (unpaired) electrons. The van der Waals surface area contributed by atoms with Gasteiger partial charge in [-0.2, -0.15) is 0 Å². The van der Waals surface area contributed by atoms with E-state index in [2.05, 4.69) is 21.2 Å². The summed E-state index contributed by atoms with van der Waals surface area (Å²) in [4.78, 5) is 11.4. The van der Waals surface area contributed by atoms with E-state index in [1.165, 1.54) is 64.2 Å². The molecule has 0 saturated carbocycles. The molecule has 3 nitrogen and oxygen atoms in total. The van der Waals surface area contributed by atoms with Gasteiger partial charge in [-0.05, 0) is 33.6 Å². The number of amides is 1. The first-order valence-electron chi connectivity index (χ1n) is 8.98. The van der Waals surface area contributed by atoms with Gasteiger partial charge in [-0.15, -0.1) is 0 Å². The Labute approximate surface area is 146 Å². The summed E-state index contributed by atoms with van der Waals surface area (Å²) in [6.45, 7) is 6.37. The zero-order chi connectivity index (χ0) is 16.7. The third-order valence-corrected chi connectivity index (χ3v) is 4.04. The highest BCUT2D eigenvalue weighted by Gasteiger charge is 2.15. The summed E-state index contributed by atoms with van der Waals surface area (Å²) in [5.41, 5.74) is -0.404. The van der Waals surface area contributed by atoms with E-state index in [4.69, 9.17) is 4.74 Å². The number of halogens is 1. The minimum absolute atomic E-state index is 0.299. The number of rotatable bonds is 13. The van der Waals surface area contributed by atoms with E-state index in [1.54, 1.807) is 0 Å². The van der Waals surface area contributed by atoms with Gasteiger partial charge in [-0.25, -0.2) is 4.79 Å². The molecule has 4 heteroatoms. The number of alkyl carbamates (subject to hydrolysis) is 1. The van der Waals surface area contributed by atoms with Crippen LogP contribution in [0.2, 0.25) is 0 Å². The summed E-state index contributed by atoms with van der Waals surface area (Å²) < 4.78 is 5.19. The van der Waals surface area contributed by atoms with Crippen molar-refractivity contribution in [3.8, 4) is 0 Å². The Kier molecular flexibility index (Phi) is 14.2. The number of unbranched alkanes of at least 4 members (excludes halogenated alkanes) is 10. The van der Waals surface area contributed by atoms with E-state index in [0.717, 1.165) is 18.3 Å². The minimum atomic E-state index is -0.404. The monoisotopic (exact) mass is 377 g/mol. The van der Waals surface area contributed by atoms with Crippen molar-refractivity contribution in [2.24, 2.45) is 0 Å². The fraction of sp³-hybridized carbons (Fsp3) is 0.944. The van der Waals surface area contributed by atoms with Crippen LogP contribution in [-0.4, -0.2) is 23.6 Å². The Balaban J connectivity index is 3.16. The van der Waals surface area contributed by atoms with E-state index in [-0.39, 0.29) is 6.09 Å². The van der Waals surface area contributed by atoms with Gasteiger partial charge < -0.3 is 10.1 Å². The first-order valence-corrected chi connectivity index (χ1v) is 10.1. The topological polar surface area (TPSA) is 38.3 Å². The van der Waals surface area contributed by atoms with Gasteiger partial charge in [0.25, 0.3) is 0 Å². The molecule has 0 bridgehead atoms. The maximum atomic E-state index is 11.4. The second-order valence-electron chi connectivity index (χ2n) is 7.01. The van der Waals surface area contributed by atoms with Crippen molar-refractivity contribution < 1.29 is 9.53 Å². The fourth-order valence-corrected chi connectivity index (χ4v) is 2.71. The lowest BCUT2D eigenvalue weighted by molar-refractivity contribution is 0.0527. The lowest BCUT2D eigenvalue weighted by Gasteiger charge is -2.19. The predicted molar refractivity (Wildman–Crippen MR) is 98.8 cm³/mol. The van der Waals surface area contributed by atoms with Gasteiger partial charge in [0.2, 0.25) is 0 Å². The zero-order valence-corrected chi connectivity index (χ0v) is 16.5. The second-order valence-corrected chi connectivity index (χ2v) is 7.80. The zero-order valence-electron chi connectivity index (χ0n) is 14.9. The van der Waals surface area contributed by atoms with Crippen LogP contribution in [0.15, 0.2) is 0 Å². The summed E-state index contributed by atoms with van der Waals surface area (Å²) >= 11 is 3.47. The lowest BCUT2D eigenvalue weighted by Crippen LogP contribution is -2.32. The lowest BCUT2D eigenvalue weighted by atomic mass is 10.1. The Morgan fingerprint density at radius 3 is 1.64 bits per heavy atom. The van der Waals surface area contributed by atoms with Gasteiger partial charge in [0.05, 0.1) is 0 Å². The third-order valence-electron chi connectivity index (χ3n) is 3.48. The molecule has 0 spiro atoms. The minimum Gasteiger partial charge on any atom is -0.444 e. The molecule has 0 aromatic heterocycles.